The summed E-state index contributed by atoms with van der Waals surface area (Å²) in [5.41, 5.74) is 1.88. The molecule has 0 saturated carbocycles. The fraction of sp³-hybridized carbons (Fsp3) is 0.278. The Hall–Kier alpha value is -1.67. The van der Waals surface area contributed by atoms with E-state index in [0.29, 0.717) is 6.54 Å². The zero-order chi connectivity index (χ0) is 16.9. The van der Waals surface area contributed by atoms with Crippen LogP contribution in [0.15, 0.2) is 48.5 Å². The van der Waals surface area contributed by atoms with E-state index in [2.05, 4.69) is 37.7 Å². The molecule has 0 aliphatic carbocycles. The zero-order valence-electron chi connectivity index (χ0n) is 13.2. The van der Waals surface area contributed by atoms with Crippen molar-refractivity contribution >= 4 is 39.9 Å². The number of nitrogens with one attached hydrogen (secondary N) is 1. The minimum Gasteiger partial charge on any atom is -0.369 e. The molecule has 2 aromatic rings. The van der Waals surface area contributed by atoms with Gasteiger partial charge >= 0.3 is 0 Å². The minimum atomic E-state index is -0.218. The monoisotopic (exact) mass is 439 g/mol. The molecule has 1 aliphatic rings. The predicted molar refractivity (Wildman–Crippen MR) is 103 cm³/mol. The van der Waals surface area contributed by atoms with Gasteiger partial charge in [-0.1, -0.05) is 12.1 Å². The second-order valence-corrected chi connectivity index (χ2v) is 6.93. The van der Waals surface area contributed by atoms with E-state index in [1.165, 1.54) is 12.1 Å². The van der Waals surface area contributed by atoms with Crippen LogP contribution in [0.5, 0.6) is 0 Å². The van der Waals surface area contributed by atoms with E-state index in [1.54, 1.807) is 12.1 Å². The largest absolute Gasteiger partial charge is 0.369 e. The van der Waals surface area contributed by atoms with Crippen LogP contribution in [0, 0.1) is 9.39 Å². The fourth-order valence-electron chi connectivity index (χ4n) is 2.77. The van der Waals surface area contributed by atoms with Crippen molar-refractivity contribution in [3.05, 3.63) is 57.9 Å². The molecule has 0 bridgehead atoms. The molecule has 0 aromatic heterocycles. The van der Waals surface area contributed by atoms with Gasteiger partial charge < -0.3 is 10.2 Å². The molecule has 1 saturated heterocycles. The predicted octanol–water partition coefficient (Wildman–Crippen LogP) is 3.19. The number of nitrogens with zero attached hydrogens (tertiary/aromatic N) is 2. The van der Waals surface area contributed by atoms with Gasteiger partial charge in [0.1, 0.15) is 5.82 Å². The zero-order valence-corrected chi connectivity index (χ0v) is 15.4. The lowest BCUT2D eigenvalue weighted by Crippen LogP contribution is -2.48. The van der Waals surface area contributed by atoms with Gasteiger partial charge in [0, 0.05) is 35.4 Å². The third-order valence-electron chi connectivity index (χ3n) is 4.08. The van der Waals surface area contributed by atoms with E-state index in [1.807, 2.05) is 24.3 Å². The molecule has 1 fully saturated rings. The Balaban J connectivity index is 1.49. The fourth-order valence-corrected chi connectivity index (χ4v) is 3.29. The SMILES string of the molecule is O=C(CN1CCN(c2ccc(F)cc2)CC1)Nc1ccccc1I. The molecule has 0 spiro atoms. The molecule has 1 N–H and O–H groups in total. The standard InChI is InChI=1S/C18H19FIN3O/c19-14-5-7-15(8-6-14)23-11-9-22(10-12-23)13-18(24)21-17-4-2-1-3-16(17)20/h1-8H,9-13H2,(H,21,24). The van der Waals surface area contributed by atoms with Gasteiger partial charge in [-0.3, -0.25) is 9.69 Å². The lowest BCUT2D eigenvalue weighted by Gasteiger charge is -2.35. The Labute approximate surface area is 154 Å². The molecule has 1 amide bonds. The van der Waals surface area contributed by atoms with E-state index in [9.17, 15) is 9.18 Å². The summed E-state index contributed by atoms with van der Waals surface area (Å²) in [5, 5.41) is 2.96. The second-order valence-electron chi connectivity index (χ2n) is 5.77. The number of halogens is 2. The summed E-state index contributed by atoms with van der Waals surface area (Å²) in [5.74, 6) is -0.209. The maximum absolute atomic E-state index is 13.0. The van der Waals surface area contributed by atoms with E-state index >= 15 is 0 Å². The molecule has 4 nitrogen and oxygen atoms in total. The normalized spacial score (nSPS) is 15.3. The van der Waals surface area contributed by atoms with Crippen LogP contribution >= 0.6 is 22.6 Å². The van der Waals surface area contributed by atoms with Gasteiger partial charge in [0.15, 0.2) is 0 Å². The number of carbonyl (C=O) groups excluding carboxylic acids is 1. The number of piperazine rings is 1. The van der Waals surface area contributed by atoms with Crippen molar-refractivity contribution in [2.24, 2.45) is 0 Å². The Kier molecular flexibility index (Phi) is 5.68. The Morgan fingerprint density at radius 1 is 1.04 bits per heavy atom. The quantitative estimate of drug-likeness (QED) is 0.744. The molecule has 0 radical (unpaired) electrons. The van der Waals surface area contributed by atoms with Crippen LogP contribution < -0.4 is 10.2 Å². The Morgan fingerprint density at radius 3 is 2.38 bits per heavy atom. The van der Waals surface area contributed by atoms with E-state index in [0.717, 1.165) is 41.1 Å². The van der Waals surface area contributed by atoms with E-state index in [4.69, 9.17) is 0 Å². The highest BCUT2D eigenvalue weighted by Gasteiger charge is 2.19. The molecule has 2 aromatic carbocycles. The minimum absolute atomic E-state index is 0.00866. The molecule has 126 valence electrons. The molecule has 1 heterocycles. The summed E-state index contributed by atoms with van der Waals surface area (Å²) in [6, 6.07) is 14.3. The van der Waals surface area contributed by atoms with Crippen LogP contribution in [-0.2, 0) is 4.79 Å². The average Bonchev–Trinajstić information content (AvgIpc) is 2.58. The van der Waals surface area contributed by atoms with Crippen molar-refractivity contribution in [3.8, 4) is 0 Å². The first-order valence-electron chi connectivity index (χ1n) is 7.89. The van der Waals surface area contributed by atoms with Gasteiger partial charge in [-0.2, -0.15) is 0 Å². The number of para-hydroxylation sites is 1. The first-order chi connectivity index (χ1) is 11.6. The highest BCUT2D eigenvalue weighted by atomic mass is 127. The van der Waals surface area contributed by atoms with E-state index < -0.39 is 0 Å². The van der Waals surface area contributed by atoms with Crippen LogP contribution in [0.2, 0.25) is 0 Å². The van der Waals surface area contributed by atoms with Crippen LogP contribution in [0.1, 0.15) is 0 Å². The number of carbonyl (C=O) groups is 1. The van der Waals surface area contributed by atoms with Gasteiger partial charge in [-0.25, -0.2) is 4.39 Å². The molecule has 6 heteroatoms. The summed E-state index contributed by atoms with van der Waals surface area (Å²) in [4.78, 5) is 16.6. The highest BCUT2D eigenvalue weighted by molar-refractivity contribution is 14.1. The molecule has 0 atom stereocenters. The van der Waals surface area contributed by atoms with Crippen LogP contribution in [0.3, 0.4) is 0 Å². The summed E-state index contributed by atoms with van der Waals surface area (Å²) in [6.45, 7) is 3.69. The highest BCUT2D eigenvalue weighted by Crippen LogP contribution is 2.18. The number of amides is 1. The topological polar surface area (TPSA) is 35.6 Å². The number of hydrogen-bond acceptors (Lipinski definition) is 3. The maximum Gasteiger partial charge on any atom is 0.238 e. The average molecular weight is 439 g/mol. The molecule has 3 rings (SSSR count). The lowest BCUT2D eigenvalue weighted by molar-refractivity contribution is -0.117. The first kappa shape index (κ1) is 17.2. The molecular weight excluding hydrogens is 420 g/mol. The summed E-state index contributed by atoms with van der Waals surface area (Å²) < 4.78 is 14.0. The molecule has 24 heavy (non-hydrogen) atoms. The Morgan fingerprint density at radius 2 is 1.71 bits per heavy atom. The first-order valence-corrected chi connectivity index (χ1v) is 8.97. The van der Waals surface area contributed by atoms with Crippen LogP contribution in [0.4, 0.5) is 15.8 Å². The summed E-state index contributed by atoms with van der Waals surface area (Å²) in [7, 11) is 0. The van der Waals surface area contributed by atoms with Gasteiger partial charge in [-0.05, 0) is 59.0 Å². The van der Waals surface area contributed by atoms with Gasteiger partial charge in [0.25, 0.3) is 0 Å². The number of benzene rings is 2. The van der Waals surface area contributed by atoms with E-state index in [-0.39, 0.29) is 11.7 Å². The summed E-state index contributed by atoms with van der Waals surface area (Å²) in [6.07, 6.45) is 0. The maximum atomic E-state index is 13.0. The van der Waals surface area contributed by atoms with Crippen molar-refractivity contribution in [3.63, 3.8) is 0 Å². The second kappa shape index (κ2) is 7.94. The molecular formula is C18H19FIN3O. The lowest BCUT2D eigenvalue weighted by atomic mass is 10.2. The third-order valence-corrected chi connectivity index (χ3v) is 5.02. The van der Waals surface area contributed by atoms with Crippen molar-refractivity contribution in [1.29, 1.82) is 0 Å². The van der Waals surface area contributed by atoms with Gasteiger partial charge in [-0.15, -0.1) is 0 Å². The van der Waals surface area contributed by atoms with Crippen molar-refractivity contribution in [1.82, 2.24) is 4.90 Å². The third kappa shape index (κ3) is 4.45. The van der Waals surface area contributed by atoms with Crippen molar-refractivity contribution < 1.29 is 9.18 Å². The van der Waals surface area contributed by atoms with Gasteiger partial charge in [0.05, 0.1) is 12.2 Å². The molecule has 0 unspecified atom stereocenters. The van der Waals surface area contributed by atoms with Crippen molar-refractivity contribution in [2.45, 2.75) is 0 Å². The van der Waals surface area contributed by atoms with Crippen LogP contribution in [0.25, 0.3) is 0 Å². The van der Waals surface area contributed by atoms with Gasteiger partial charge in [0.2, 0.25) is 5.91 Å². The number of hydrogen-bond donors (Lipinski definition) is 1. The smallest absolute Gasteiger partial charge is 0.238 e. The Bertz CT molecular complexity index is 700. The van der Waals surface area contributed by atoms with Crippen LogP contribution in [-0.4, -0.2) is 43.5 Å². The number of anilines is 2. The molecule has 1 aliphatic heterocycles. The number of rotatable bonds is 4. The summed E-state index contributed by atoms with van der Waals surface area (Å²) >= 11 is 2.21. The van der Waals surface area contributed by atoms with Crippen molar-refractivity contribution in [2.75, 3.05) is 42.9 Å².